The van der Waals surface area contributed by atoms with Crippen molar-refractivity contribution in [1.82, 2.24) is 0 Å². The van der Waals surface area contributed by atoms with Crippen molar-refractivity contribution in [2.75, 3.05) is 6.61 Å². The number of esters is 1. The highest BCUT2D eigenvalue weighted by Crippen LogP contribution is 2.36. The fraction of sp³-hybridized carbons (Fsp3) is 0.0588. The van der Waals surface area contributed by atoms with Gasteiger partial charge in [0.1, 0.15) is 10.7 Å². The van der Waals surface area contributed by atoms with Crippen LogP contribution in [0.25, 0.3) is 10.1 Å². The number of carbonyl (C=O) groups is 2. The van der Waals surface area contributed by atoms with Crippen LogP contribution in [-0.4, -0.2) is 18.4 Å². The molecule has 3 nitrogen and oxygen atoms in total. The van der Waals surface area contributed by atoms with Gasteiger partial charge in [0.25, 0.3) is 0 Å². The number of ether oxygens (including phenoxy) is 1. The number of rotatable bonds is 4. The van der Waals surface area contributed by atoms with Gasteiger partial charge < -0.3 is 4.74 Å². The van der Waals surface area contributed by atoms with E-state index in [1.165, 1.54) is 36.4 Å². The minimum Gasteiger partial charge on any atom is -0.453 e. The van der Waals surface area contributed by atoms with Gasteiger partial charge in [0.15, 0.2) is 6.61 Å². The van der Waals surface area contributed by atoms with Crippen LogP contribution in [0.5, 0.6) is 0 Å². The van der Waals surface area contributed by atoms with Crippen LogP contribution in [0.2, 0.25) is 15.1 Å². The Kier molecular flexibility index (Phi) is 5.29. The van der Waals surface area contributed by atoms with Crippen LogP contribution in [0.15, 0.2) is 36.4 Å². The number of halogens is 4. The first-order chi connectivity index (χ1) is 11.9. The summed E-state index contributed by atoms with van der Waals surface area (Å²) in [5, 5.41) is 1.28. The standard InChI is InChI=1S/C17H8Cl3FO3S/c18-8-1-3-10(12(19)5-8)13(22)7-24-17(23)16-15(20)11-4-2-9(21)6-14(11)25-16/h1-6H,7H2. The lowest BCUT2D eigenvalue weighted by atomic mass is 10.1. The number of thiophene rings is 1. The van der Waals surface area contributed by atoms with Gasteiger partial charge in [-0.3, -0.25) is 4.79 Å². The number of ketones is 1. The first kappa shape index (κ1) is 18.1. The van der Waals surface area contributed by atoms with Gasteiger partial charge in [-0.15, -0.1) is 11.3 Å². The molecule has 0 aliphatic rings. The molecule has 0 saturated heterocycles. The molecule has 1 aromatic heterocycles. The van der Waals surface area contributed by atoms with E-state index in [-0.39, 0.29) is 20.5 Å². The van der Waals surface area contributed by atoms with E-state index >= 15 is 0 Å². The SMILES string of the molecule is O=C(COC(=O)c1sc2cc(F)ccc2c1Cl)c1ccc(Cl)cc1Cl. The number of hydrogen-bond donors (Lipinski definition) is 0. The Labute approximate surface area is 160 Å². The lowest BCUT2D eigenvalue weighted by molar-refractivity contribution is 0.0480. The van der Waals surface area contributed by atoms with Crippen molar-refractivity contribution in [3.63, 3.8) is 0 Å². The number of benzene rings is 2. The Bertz CT molecular complexity index is 1000. The van der Waals surface area contributed by atoms with E-state index in [9.17, 15) is 14.0 Å². The van der Waals surface area contributed by atoms with E-state index in [1.807, 2.05) is 0 Å². The third kappa shape index (κ3) is 3.80. The second kappa shape index (κ2) is 7.30. The Balaban J connectivity index is 1.76. The zero-order chi connectivity index (χ0) is 18.1. The summed E-state index contributed by atoms with van der Waals surface area (Å²) in [4.78, 5) is 24.4. The molecule has 0 amide bonds. The van der Waals surface area contributed by atoms with Crippen LogP contribution in [0, 0.1) is 5.82 Å². The van der Waals surface area contributed by atoms with Crippen LogP contribution < -0.4 is 0 Å². The van der Waals surface area contributed by atoms with Crippen LogP contribution in [0.4, 0.5) is 4.39 Å². The zero-order valence-corrected chi connectivity index (χ0v) is 15.4. The van der Waals surface area contributed by atoms with Crippen LogP contribution in [-0.2, 0) is 4.74 Å². The lowest BCUT2D eigenvalue weighted by Crippen LogP contribution is -2.14. The smallest absolute Gasteiger partial charge is 0.350 e. The number of fused-ring (bicyclic) bond motifs is 1. The third-order valence-corrected chi connectivity index (χ3v) is 5.53. The molecule has 0 saturated carbocycles. The van der Waals surface area contributed by atoms with E-state index < -0.39 is 24.2 Å². The van der Waals surface area contributed by atoms with E-state index in [0.717, 1.165) is 11.3 Å². The summed E-state index contributed by atoms with van der Waals surface area (Å²) in [5.41, 5.74) is 0.198. The van der Waals surface area contributed by atoms with E-state index in [1.54, 1.807) is 0 Å². The first-order valence-corrected chi connectivity index (χ1v) is 8.85. The Hall–Kier alpha value is -1.66. The minimum absolute atomic E-state index is 0.109. The van der Waals surface area contributed by atoms with Crippen molar-refractivity contribution in [2.45, 2.75) is 0 Å². The number of carbonyl (C=O) groups excluding carboxylic acids is 2. The molecule has 0 atom stereocenters. The summed E-state index contributed by atoms with van der Waals surface area (Å²) in [5.74, 6) is -1.67. The average Bonchev–Trinajstić information content (AvgIpc) is 2.88. The lowest BCUT2D eigenvalue weighted by Gasteiger charge is -2.05. The van der Waals surface area contributed by atoms with E-state index in [2.05, 4.69) is 0 Å². The molecule has 0 aliphatic heterocycles. The summed E-state index contributed by atoms with van der Waals surface area (Å²) < 4.78 is 18.8. The molecular formula is C17H8Cl3FO3S. The molecule has 0 fully saturated rings. The number of hydrogen-bond acceptors (Lipinski definition) is 4. The molecule has 0 aliphatic carbocycles. The topological polar surface area (TPSA) is 43.4 Å². The summed E-state index contributed by atoms with van der Waals surface area (Å²) >= 11 is 18.9. The fourth-order valence-electron chi connectivity index (χ4n) is 2.16. The minimum atomic E-state index is -0.759. The molecule has 0 unspecified atom stereocenters. The summed E-state index contributed by atoms with van der Waals surface area (Å²) in [6.45, 7) is -0.501. The molecule has 0 N–H and O–H groups in total. The van der Waals surface area contributed by atoms with E-state index in [0.29, 0.717) is 15.1 Å². The predicted molar refractivity (Wildman–Crippen MR) is 97.9 cm³/mol. The molecule has 2 aromatic carbocycles. The van der Waals surface area contributed by atoms with Gasteiger partial charge in [0.05, 0.1) is 10.0 Å². The maximum atomic E-state index is 13.3. The molecular weight excluding hydrogens is 410 g/mol. The molecule has 0 bridgehead atoms. The van der Waals surface area contributed by atoms with Crippen LogP contribution >= 0.6 is 46.1 Å². The average molecular weight is 418 g/mol. The normalized spacial score (nSPS) is 10.9. The highest BCUT2D eigenvalue weighted by atomic mass is 35.5. The van der Waals surface area contributed by atoms with Gasteiger partial charge in [-0.25, -0.2) is 9.18 Å². The second-order valence-corrected chi connectivity index (χ2v) is 7.28. The van der Waals surface area contributed by atoms with Crippen molar-refractivity contribution in [1.29, 1.82) is 0 Å². The second-order valence-electron chi connectivity index (χ2n) is 5.01. The first-order valence-electron chi connectivity index (χ1n) is 6.89. The summed E-state index contributed by atoms with van der Waals surface area (Å²) in [6.07, 6.45) is 0. The quantitative estimate of drug-likeness (QED) is 0.384. The maximum absolute atomic E-state index is 13.3. The highest BCUT2D eigenvalue weighted by molar-refractivity contribution is 7.21. The van der Waals surface area contributed by atoms with Crippen LogP contribution in [0.3, 0.4) is 0 Å². The largest absolute Gasteiger partial charge is 0.453 e. The predicted octanol–water partition coefficient (Wildman–Crippen LogP) is 6.04. The summed E-state index contributed by atoms with van der Waals surface area (Å²) in [6, 6.07) is 8.41. The van der Waals surface area contributed by atoms with Crippen molar-refractivity contribution in [3.8, 4) is 0 Å². The third-order valence-electron chi connectivity index (χ3n) is 3.34. The van der Waals surface area contributed by atoms with Gasteiger partial charge in [0.2, 0.25) is 5.78 Å². The summed E-state index contributed by atoms with van der Waals surface area (Å²) in [7, 11) is 0. The van der Waals surface area contributed by atoms with E-state index in [4.69, 9.17) is 39.5 Å². The van der Waals surface area contributed by atoms with Gasteiger partial charge in [-0.1, -0.05) is 34.8 Å². The molecule has 25 heavy (non-hydrogen) atoms. The Morgan fingerprint density at radius 2 is 1.84 bits per heavy atom. The monoisotopic (exact) mass is 416 g/mol. The van der Waals surface area contributed by atoms with Crippen molar-refractivity contribution in [2.24, 2.45) is 0 Å². The fourth-order valence-corrected chi connectivity index (χ4v) is 4.10. The Morgan fingerprint density at radius 3 is 2.56 bits per heavy atom. The zero-order valence-electron chi connectivity index (χ0n) is 12.3. The van der Waals surface area contributed by atoms with Crippen molar-refractivity contribution in [3.05, 3.63) is 67.7 Å². The molecule has 0 spiro atoms. The van der Waals surface area contributed by atoms with Gasteiger partial charge in [-0.2, -0.15) is 0 Å². The Morgan fingerprint density at radius 1 is 1.08 bits per heavy atom. The van der Waals surface area contributed by atoms with Crippen molar-refractivity contribution < 1.29 is 18.7 Å². The van der Waals surface area contributed by atoms with Crippen molar-refractivity contribution >= 4 is 68.0 Å². The van der Waals surface area contributed by atoms with Crippen LogP contribution in [0.1, 0.15) is 20.0 Å². The van der Waals surface area contributed by atoms with Gasteiger partial charge in [-0.05, 0) is 36.4 Å². The highest BCUT2D eigenvalue weighted by Gasteiger charge is 2.20. The molecule has 8 heteroatoms. The molecule has 1 heterocycles. The van der Waals surface area contributed by atoms with Gasteiger partial charge >= 0.3 is 5.97 Å². The number of Topliss-reactive ketones (excluding diaryl/α,β-unsaturated/α-hetero) is 1. The van der Waals surface area contributed by atoms with Gasteiger partial charge in [0, 0.05) is 20.7 Å². The molecule has 3 aromatic rings. The molecule has 3 rings (SSSR count). The molecule has 0 radical (unpaired) electrons. The maximum Gasteiger partial charge on any atom is 0.350 e. The molecule has 128 valence electrons.